The molecular weight excluding hydrogens is 318 g/mol. The van der Waals surface area contributed by atoms with E-state index in [1.165, 1.54) is 0 Å². The molecule has 0 fully saturated rings. The van der Waals surface area contributed by atoms with E-state index in [9.17, 15) is 4.79 Å². The van der Waals surface area contributed by atoms with Gasteiger partial charge < -0.3 is 5.73 Å². The summed E-state index contributed by atoms with van der Waals surface area (Å²) in [4.78, 5) is 12.5. The lowest BCUT2D eigenvalue weighted by molar-refractivity contribution is 0.502. The fourth-order valence-electron chi connectivity index (χ4n) is 2.48. The predicted octanol–water partition coefficient (Wildman–Crippen LogP) is 3.52. The lowest BCUT2D eigenvalue weighted by atomic mass is 10.1. The number of hydrogen-bond acceptors (Lipinski definition) is 2. The molecule has 20 heavy (non-hydrogen) atoms. The zero-order valence-corrected chi connectivity index (χ0v) is 13.6. The van der Waals surface area contributed by atoms with Gasteiger partial charge in [-0.3, -0.25) is 9.48 Å². The van der Waals surface area contributed by atoms with Crippen LogP contribution in [0.3, 0.4) is 0 Å². The zero-order chi connectivity index (χ0) is 14.9. The maximum Gasteiger partial charge on any atom is 0.294 e. The van der Waals surface area contributed by atoms with Gasteiger partial charge in [0, 0.05) is 11.0 Å². The molecule has 0 aliphatic rings. The summed E-state index contributed by atoms with van der Waals surface area (Å²) in [5.74, 6) is 0.206. The van der Waals surface area contributed by atoms with Crippen molar-refractivity contribution in [1.29, 1.82) is 0 Å². The van der Waals surface area contributed by atoms with E-state index in [2.05, 4.69) is 36.7 Å². The number of aromatic nitrogens is 2. The molecule has 2 rings (SSSR count). The molecule has 0 spiro atoms. The summed E-state index contributed by atoms with van der Waals surface area (Å²) in [6, 6.07) is 7.69. The van der Waals surface area contributed by atoms with Crippen LogP contribution in [0.4, 0.5) is 5.69 Å². The lowest BCUT2D eigenvalue weighted by Gasteiger charge is -2.16. The minimum atomic E-state index is -0.144. The van der Waals surface area contributed by atoms with Crippen LogP contribution in [0.1, 0.15) is 38.8 Å². The Kier molecular flexibility index (Phi) is 4.38. The second-order valence-corrected chi connectivity index (χ2v) is 6.00. The molecule has 0 atom stereocenters. The Morgan fingerprint density at radius 2 is 1.95 bits per heavy atom. The number of nitrogens with zero attached hydrogens (tertiary/aromatic N) is 2. The van der Waals surface area contributed by atoms with Crippen LogP contribution in [0.5, 0.6) is 0 Å². The van der Waals surface area contributed by atoms with Crippen LogP contribution in [0.15, 0.2) is 33.5 Å². The van der Waals surface area contributed by atoms with E-state index in [-0.39, 0.29) is 11.5 Å². The summed E-state index contributed by atoms with van der Waals surface area (Å²) < 4.78 is 4.56. The van der Waals surface area contributed by atoms with Gasteiger partial charge in [-0.05, 0) is 40.4 Å². The molecule has 2 aromatic rings. The highest BCUT2D eigenvalue weighted by atomic mass is 79.9. The number of hydrogen-bond donors (Lipinski definition) is 1. The molecule has 1 aromatic carbocycles. The van der Waals surface area contributed by atoms with E-state index >= 15 is 0 Å². The standard InChI is InChI=1S/C15H20BrN3O/c1-4-9-18-14(10(2)3)13(17)15(20)19(18)12-8-6-5-7-11(12)16/h5-8,10H,4,9,17H2,1-3H3. The van der Waals surface area contributed by atoms with Crippen LogP contribution in [-0.4, -0.2) is 9.36 Å². The maximum atomic E-state index is 12.5. The summed E-state index contributed by atoms with van der Waals surface area (Å²) in [5, 5.41) is 0. The highest BCUT2D eigenvalue weighted by Crippen LogP contribution is 2.25. The number of anilines is 1. The predicted molar refractivity (Wildman–Crippen MR) is 86.5 cm³/mol. The van der Waals surface area contributed by atoms with Gasteiger partial charge in [0.1, 0.15) is 5.69 Å². The van der Waals surface area contributed by atoms with Crippen molar-refractivity contribution >= 4 is 21.6 Å². The molecule has 4 nitrogen and oxygen atoms in total. The van der Waals surface area contributed by atoms with E-state index in [1.54, 1.807) is 4.68 Å². The van der Waals surface area contributed by atoms with Crippen molar-refractivity contribution in [3.8, 4) is 5.69 Å². The molecule has 0 saturated carbocycles. The SMILES string of the molecule is CCCn1c(C(C)C)c(N)c(=O)n1-c1ccccc1Br. The molecule has 0 amide bonds. The van der Waals surface area contributed by atoms with Crippen LogP contribution in [0.2, 0.25) is 0 Å². The van der Waals surface area contributed by atoms with Crippen LogP contribution < -0.4 is 11.3 Å². The lowest BCUT2D eigenvalue weighted by Crippen LogP contribution is -2.23. The van der Waals surface area contributed by atoms with Crippen molar-refractivity contribution in [2.24, 2.45) is 0 Å². The molecule has 0 unspecified atom stereocenters. The van der Waals surface area contributed by atoms with Crippen LogP contribution in [0.25, 0.3) is 5.69 Å². The Morgan fingerprint density at radius 1 is 1.30 bits per heavy atom. The molecular formula is C15H20BrN3O. The average Bonchev–Trinajstić information content (AvgIpc) is 2.63. The second-order valence-electron chi connectivity index (χ2n) is 5.15. The third kappa shape index (κ3) is 2.42. The molecule has 0 aliphatic carbocycles. The fraction of sp³-hybridized carbons (Fsp3) is 0.400. The minimum Gasteiger partial charge on any atom is -0.393 e. The Labute approximate surface area is 127 Å². The first kappa shape index (κ1) is 14.9. The Hall–Kier alpha value is -1.49. The number of halogens is 1. The second kappa shape index (κ2) is 5.87. The van der Waals surface area contributed by atoms with Gasteiger partial charge >= 0.3 is 0 Å². The van der Waals surface area contributed by atoms with Crippen molar-refractivity contribution < 1.29 is 0 Å². The van der Waals surface area contributed by atoms with Gasteiger partial charge in [0.15, 0.2) is 0 Å². The van der Waals surface area contributed by atoms with Gasteiger partial charge in [0.25, 0.3) is 5.56 Å². The van der Waals surface area contributed by atoms with E-state index in [1.807, 2.05) is 28.9 Å². The monoisotopic (exact) mass is 337 g/mol. The summed E-state index contributed by atoms with van der Waals surface area (Å²) in [5.41, 5.74) is 7.99. The Bertz CT molecular complexity index is 670. The molecule has 108 valence electrons. The number of rotatable bonds is 4. The van der Waals surface area contributed by atoms with Gasteiger partial charge in [-0.25, -0.2) is 4.68 Å². The molecule has 5 heteroatoms. The smallest absolute Gasteiger partial charge is 0.294 e. The first-order valence-corrected chi connectivity index (χ1v) is 7.64. The van der Waals surface area contributed by atoms with Crippen molar-refractivity contribution in [2.75, 3.05) is 5.73 Å². The number of para-hydroxylation sites is 1. The Morgan fingerprint density at radius 3 is 2.50 bits per heavy atom. The number of nitrogens with two attached hydrogens (primary N) is 1. The van der Waals surface area contributed by atoms with Crippen LogP contribution in [0, 0.1) is 0 Å². The molecule has 1 aromatic heterocycles. The minimum absolute atomic E-state index is 0.144. The normalized spacial score (nSPS) is 11.2. The number of nitrogen functional groups attached to an aromatic ring is 1. The molecule has 0 bridgehead atoms. The van der Waals surface area contributed by atoms with Crippen LogP contribution in [-0.2, 0) is 6.54 Å². The third-order valence-corrected chi connectivity index (χ3v) is 3.95. The van der Waals surface area contributed by atoms with E-state index in [4.69, 9.17) is 5.73 Å². The van der Waals surface area contributed by atoms with Gasteiger partial charge in [0.2, 0.25) is 0 Å². The number of benzene rings is 1. The fourth-order valence-corrected chi connectivity index (χ4v) is 2.94. The first-order chi connectivity index (χ1) is 9.49. The molecule has 0 saturated heterocycles. The topological polar surface area (TPSA) is 52.9 Å². The van der Waals surface area contributed by atoms with Crippen molar-refractivity contribution in [1.82, 2.24) is 9.36 Å². The highest BCUT2D eigenvalue weighted by Gasteiger charge is 2.21. The van der Waals surface area contributed by atoms with Gasteiger partial charge in [-0.15, -0.1) is 0 Å². The molecule has 0 radical (unpaired) electrons. The summed E-state index contributed by atoms with van der Waals surface area (Å²) in [7, 11) is 0. The third-order valence-electron chi connectivity index (χ3n) is 3.28. The van der Waals surface area contributed by atoms with Gasteiger partial charge in [0.05, 0.1) is 11.4 Å². The largest absolute Gasteiger partial charge is 0.393 e. The summed E-state index contributed by atoms with van der Waals surface area (Å²) in [6.45, 7) is 6.97. The molecule has 2 N–H and O–H groups in total. The van der Waals surface area contributed by atoms with E-state index in [0.717, 1.165) is 28.8 Å². The molecule has 0 aliphatic heterocycles. The summed E-state index contributed by atoms with van der Waals surface area (Å²) >= 11 is 3.51. The zero-order valence-electron chi connectivity index (χ0n) is 12.1. The van der Waals surface area contributed by atoms with Crippen molar-refractivity contribution in [3.05, 3.63) is 44.8 Å². The van der Waals surface area contributed by atoms with Crippen molar-refractivity contribution in [2.45, 2.75) is 39.7 Å². The maximum absolute atomic E-state index is 12.5. The average molecular weight is 338 g/mol. The Balaban J connectivity index is 2.79. The van der Waals surface area contributed by atoms with Crippen molar-refractivity contribution in [3.63, 3.8) is 0 Å². The quantitative estimate of drug-likeness (QED) is 0.927. The first-order valence-electron chi connectivity index (χ1n) is 6.85. The van der Waals surface area contributed by atoms with E-state index in [0.29, 0.717) is 5.69 Å². The van der Waals surface area contributed by atoms with Gasteiger partial charge in [-0.2, -0.15) is 0 Å². The van der Waals surface area contributed by atoms with E-state index < -0.39 is 0 Å². The summed E-state index contributed by atoms with van der Waals surface area (Å²) in [6.07, 6.45) is 0.942. The molecule has 1 heterocycles. The highest BCUT2D eigenvalue weighted by molar-refractivity contribution is 9.10. The van der Waals surface area contributed by atoms with Crippen LogP contribution >= 0.6 is 15.9 Å². The van der Waals surface area contributed by atoms with Gasteiger partial charge in [-0.1, -0.05) is 32.9 Å².